The first-order chi connectivity index (χ1) is 15.4. The molecule has 5 rings (SSSR count). The number of carbonyl (C=O) groups excluding carboxylic acids is 2. The molecule has 0 bridgehead atoms. The number of ether oxygens (including phenoxy) is 2. The summed E-state index contributed by atoms with van der Waals surface area (Å²) in [5.74, 6) is -1.06. The van der Waals surface area contributed by atoms with E-state index in [-0.39, 0.29) is 28.2 Å². The van der Waals surface area contributed by atoms with E-state index < -0.39 is 17.1 Å². The summed E-state index contributed by atoms with van der Waals surface area (Å²) in [7, 11) is 2.98. The zero-order valence-corrected chi connectivity index (χ0v) is 18.7. The van der Waals surface area contributed by atoms with Gasteiger partial charge < -0.3 is 19.6 Å². The number of fused-ring (bicyclic) bond motifs is 2. The number of aromatic nitrogens is 1. The smallest absolute Gasteiger partial charge is 0.305 e. The molecular weight excluding hydrogens is 452 g/mol. The third kappa shape index (κ3) is 3.09. The zero-order valence-electron chi connectivity index (χ0n) is 17.0. The number of anilines is 1. The van der Waals surface area contributed by atoms with E-state index in [0.29, 0.717) is 26.9 Å². The molecule has 8 nitrogen and oxygen atoms in total. The molecule has 2 amide bonds. The maximum Gasteiger partial charge on any atom is 0.305 e. The largest absolute Gasteiger partial charge is 0.504 e. The normalized spacial score (nSPS) is 21.9. The van der Waals surface area contributed by atoms with Crippen molar-refractivity contribution < 1.29 is 24.2 Å². The average molecular weight is 471 g/mol. The molecular formula is C22H18N2O6S2. The van der Waals surface area contributed by atoms with Crippen molar-refractivity contribution >= 4 is 40.6 Å². The highest BCUT2D eigenvalue weighted by molar-refractivity contribution is 8.00. The Bertz CT molecular complexity index is 1280. The van der Waals surface area contributed by atoms with Gasteiger partial charge in [-0.1, -0.05) is 29.2 Å². The molecule has 0 radical (unpaired) electrons. The number of phenols is 1. The van der Waals surface area contributed by atoms with Gasteiger partial charge in [-0.25, -0.2) is 4.90 Å². The molecule has 0 aliphatic carbocycles. The maximum absolute atomic E-state index is 13.6. The molecule has 2 unspecified atom stereocenters. The van der Waals surface area contributed by atoms with Gasteiger partial charge in [0.15, 0.2) is 11.5 Å². The molecule has 1 fully saturated rings. The van der Waals surface area contributed by atoms with Crippen LogP contribution in [0.4, 0.5) is 5.69 Å². The number of imide groups is 1. The van der Waals surface area contributed by atoms with Gasteiger partial charge in [-0.15, -0.1) is 0 Å². The number of benzene rings is 2. The van der Waals surface area contributed by atoms with Gasteiger partial charge in [-0.3, -0.25) is 14.4 Å². The number of hydrogen-bond acceptors (Lipinski definition) is 8. The van der Waals surface area contributed by atoms with Gasteiger partial charge in [0.25, 0.3) is 0 Å². The van der Waals surface area contributed by atoms with Gasteiger partial charge in [0.2, 0.25) is 11.8 Å². The van der Waals surface area contributed by atoms with E-state index in [1.54, 1.807) is 43.5 Å². The Morgan fingerprint density at radius 3 is 2.44 bits per heavy atom. The number of thioether (sulfide) groups is 1. The van der Waals surface area contributed by atoms with Gasteiger partial charge in [0.05, 0.1) is 30.9 Å². The molecule has 2 N–H and O–H groups in total. The molecule has 0 saturated carbocycles. The zero-order chi connectivity index (χ0) is 22.6. The molecule has 10 heteroatoms. The van der Waals surface area contributed by atoms with Crippen LogP contribution in [0.3, 0.4) is 0 Å². The monoisotopic (exact) mass is 470 g/mol. The molecule has 0 spiro atoms. The average Bonchev–Trinajstić information content (AvgIpc) is 3.29. The summed E-state index contributed by atoms with van der Waals surface area (Å²) < 4.78 is 10.4. The van der Waals surface area contributed by atoms with Crippen LogP contribution in [0, 0.1) is 5.92 Å². The van der Waals surface area contributed by atoms with Crippen LogP contribution in [-0.4, -0.2) is 41.4 Å². The van der Waals surface area contributed by atoms with E-state index in [0.717, 1.165) is 11.3 Å². The van der Waals surface area contributed by atoms with Crippen molar-refractivity contribution in [3.8, 4) is 17.2 Å². The topological polar surface area (TPSA) is 109 Å². The number of thiazole rings is 1. The summed E-state index contributed by atoms with van der Waals surface area (Å²) in [5, 5.41) is 9.93. The summed E-state index contributed by atoms with van der Waals surface area (Å²) in [6.07, 6.45) is 0. The second-order valence-electron chi connectivity index (χ2n) is 7.39. The fourth-order valence-electron chi connectivity index (χ4n) is 4.25. The summed E-state index contributed by atoms with van der Waals surface area (Å²) >= 11 is 2.25. The number of carbonyl (C=O) groups is 2. The Kier molecular flexibility index (Phi) is 4.98. The highest BCUT2D eigenvalue weighted by Crippen LogP contribution is 2.53. The Morgan fingerprint density at radius 2 is 1.75 bits per heavy atom. The van der Waals surface area contributed by atoms with Gasteiger partial charge in [0, 0.05) is 10.8 Å². The number of nitrogens with zero attached hydrogens (tertiary/aromatic N) is 1. The first-order valence-electron chi connectivity index (χ1n) is 9.71. The molecule has 2 aliphatic heterocycles. The van der Waals surface area contributed by atoms with E-state index >= 15 is 0 Å². The molecule has 3 atom stereocenters. The van der Waals surface area contributed by atoms with E-state index in [9.17, 15) is 19.5 Å². The molecule has 164 valence electrons. The number of phenolic OH excluding ortho intramolecular Hbond substituents is 1. The third-order valence-electron chi connectivity index (χ3n) is 5.72. The van der Waals surface area contributed by atoms with Crippen LogP contribution >= 0.6 is 23.1 Å². The predicted molar refractivity (Wildman–Crippen MR) is 120 cm³/mol. The summed E-state index contributed by atoms with van der Waals surface area (Å²) in [6.45, 7) is 0. The Morgan fingerprint density at radius 1 is 1.00 bits per heavy atom. The van der Waals surface area contributed by atoms with Crippen molar-refractivity contribution in [1.82, 2.24) is 4.98 Å². The third-order valence-corrected chi connectivity index (χ3v) is 8.12. The lowest BCUT2D eigenvalue weighted by atomic mass is 9.83. The minimum Gasteiger partial charge on any atom is -0.504 e. The SMILES string of the molecule is COc1ccc(N2C(=O)C3Sc4[nH]c(=O)sc4[C@H](c4ccc(O)c(OC)c4)C3C2=O)cc1. The van der Waals surface area contributed by atoms with Crippen LogP contribution < -0.4 is 19.2 Å². The van der Waals surface area contributed by atoms with Crippen molar-refractivity contribution in [3.05, 3.63) is 62.6 Å². The second-order valence-corrected chi connectivity index (χ2v) is 9.56. The number of aromatic hydroxyl groups is 1. The number of rotatable bonds is 4. The van der Waals surface area contributed by atoms with Crippen molar-refractivity contribution in [3.63, 3.8) is 0 Å². The first kappa shape index (κ1) is 20.7. The number of hydrogen-bond donors (Lipinski definition) is 2. The number of H-pyrrole nitrogens is 1. The van der Waals surface area contributed by atoms with Crippen molar-refractivity contribution in [1.29, 1.82) is 0 Å². The molecule has 1 saturated heterocycles. The van der Waals surface area contributed by atoms with Crippen LogP contribution in [0.1, 0.15) is 16.4 Å². The molecule has 2 aromatic carbocycles. The number of aromatic amines is 1. The number of methoxy groups -OCH3 is 2. The quantitative estimate of drug-likeness (QED) is 0.564. The molecule has 1 aromatic heterocycles. The predicted octanol–water partition coefficient (Wildman–Crippen LogP) is 2.96. The number of nitrogens with one attached hydrogen (secondary N) is 1. The Hall–Kier alpha value is -3.24. The van der Waals surface area contributed by atoms with Gasteiger partial charge >= 0.3 is 4.87 Å². The lowest BCUT2D eigenvalue weighted by Crippen LogP contribution is -2.32. The molecule has 2 aliphatic rings. The van der Waals surface area contributed by atoms with Gasteiger partial charge in [-0.2, -0.15) is 0 Å². The van der Waals surface area contributed by atoms with Crippen LogP contribution in [0.5, 0.6) is 17.2 Å². The summed E-state index contributed by atoms with van der Waals surface area (Å²) in [6, 6.07) is 11.6. The van der Waals surface area contributed by atoms with Crippen molar-refractivity contribution in [2.75, 3.05) is 19.1 Å². The van der Waals surface area contributed by atoms with Crippen LogP contribution in [0.15, 0.2) is 52.3 Å². The van der Waals surface area contributed by atoms with E-state index in [2.05, 4.69) is 4.98 Å². The molecule has 3 heterocycles. The summed E-state index contributed by atoms with van der Waals surface area (Å²) in [4.78, 5) is 43.6. The van der Waals surface area contributed by atoms with Crippen molar-refractivity contribution in [2.24, 2.45) is 5.92 Å². The minimum atomic E-state index is -0.706. The summed E-state index contributed by atoms with van der Waals surface area (Å²) in [5.41, 5.74) is 1.15. The van der Waals surface area contributed by atoms with Crippen LogP contribution in [-0.2, 0) is 9.59 Å². The van der Waals surface area contributed by atoms with Crippen LogP contribution in [0.2, 0.25) is 0 Å². The van der Waals surface area contributed by atoms with Crippen molar-refractivity contribution in [2.45, 2.75) is 16.2 Å². The maximum atomic E-state index is 13.6. The standard InChI is InChI=1S/C22H18N2O6S2/c1-29-12-6-4-11(5-7-12)24-20(26)16-15(10-3-8-13(25)14(9-10)30-2)17-19(23-22(28)32-17)31-18(16)21(24)27/h3-9,15-16,18,25H,1-2H3,(H,23,28)/t15-,16?,18?/m1/s1. The van der Waals surface area contributed by atoms with E-state index in [1.807, 2.05) is 0 Å². The van der Waals surface area contributed by atoms with E-state index in [1.165, 1.54) is 29.8 Å². The minimum absolute atomic E-state index is 0.0332. The van der Waals surface area contributed by atoms with Gasteiger partial charge in [0.1, 0.15) is 11.0 Å². The fraction of sp³-hybridized carbons (Fsp3) is 0.227. The molecule has 32 heavy (non-hydrogen) atoms. The second kappa shape index (κ2) is 7.72. The highest BCUT2D eigenvalue weighted by Gasteiger charge is 2.56. The lowest BCUT2D eigenvalue weighted by Gasteiger charge is -2.30. The van der Waals surface area contributed by atoms with Gasteiger partial charge in [-0.05, 0) is 42.0 Å². The fourth-order valence-corrected chi connectivity index (χ4v) is 6.76. The Labute approximate surface area is 190 Å². The highest BCUT2D eigenvalue weighted by atomic mass is 32.2. The van der Waals surface area contributed by atoms with E-state index in [4.69, 9.17) is 9.47 Å². The molecule has 3 aromatic rings. The van der Waals surface area contributed by atoms with Crippen LogP contribution in [0.25, 0.3) is 0 Å². The lowest BCUT2D eigenvalue weighted by molar-refractivity contribution is -0.122. The first-order valence-corrected chi connectivity index (χ1v) is 11.4. The number of amides is 2. The Balaban J connectivity index is 1.63.